The zero-order valence-corrected chi connectivity index (χ0v) is 16.8. The van der Waals surface area contributed by atoms with E-state index in [2.05, 4.69) is 4.98 Å². The molecule has 0 spiro atoms. The molecular weight excluding hydrogens is 406 g/mol. The van der Waals surface area contributed by atoms with E-state index in [-0.39, 0.29) is 17.5 Å². The van der Waals surface area contributed by atoms with Crippen molar-refractivity contribution in [2.45, 2.75) is 18.9 Å². The van der Waals surface area contributed by atoms with Crippen molar-refractivity contribution in [3.63, 3.8) is 0 Å². The van der Waals surface area contributed by atoms with Crippen LogP contribution in [0.5, 0.6) is 5.19 Å². The Kier molecular flexibility index (Phi) is 4.83. The van der Waals surface area contributed by atoms with E-state index in [0.29, 0.717) is 41.4 Å². The maximum atomic E-state index is 13.8. The summed E-state index contributed by atoms with van der Waals surface area (Å²) in [6.07, 6.45) is 1.21. The summed E-state index contributed by atoms with van der Waals surface area (Å²) in [6.45, 7) is 1.15. The molecule has 4 aromatic rings. The largest absolute Gasteiger partial charge is 0.467 e. The van der Waals surface area contributed by atoms with Crippen LogP contribution in [0.25, 0.3) is 21.0 Å². The van der Waals surface area contributed by atoms with Gasteiger partial charge in [-0.05, 0) is 29.0 Å². The number of nitrogens with zero attached hydrogens (tertiary/aromatic N) is 2. The molecule has 0 N–H and O–H groups in total. The molecule has 7 heteroatoms. The van der Waals surface area contributed by atoms with E-state index >= 15 is 0 Å². The average molecular weight is 424 g/mol. The van der Waals surface area contributed by atoms with Gasteiger partial charge in [-0.1, -0.05) is 41.7 Å². The lowest BCUT2D eigenvalue weighted by atomic mass is 10.0. The molecule has 1 aromatic heterocycles. The van der Waals surface area contributed by atoms with Crippen molar-refractivity contribution in [1.29, 1.82) is 0 Å². The molecule has 2 heterocycles. The van der Waals surface area contributed by atoms with Gasteiger partial charge < -0.3 is 9.64 Å². The quantitative estimate of drug-likeness (QED) is 0.442. The number of carbonyl (C=O) groups excluding carboxylic acids is 1. The summed E-state index contributed by atoms with van der Waals surface area (Å²) in [5.74, 6) is -1.31. The summed E-state index contributed by atoms with van der Waals surface area (Å²) in [6, 6.07) is 15.8. The number of hydrogen-bond acceptors (Lipinski definition) is 4. The average Bonchev–Trinajstić information content (AvgIpc) is 3.16. The van der Waals surface area contributed by atoms with E-state index in [1.165, 1.54) is 6.07 Å². The van der Waals surface area contributed by atoms with Gasteiger partial charge in [0.1, 0.15) is 17.4 Å². The lowest BCUT2D eigenvalue weighted by molar-refractivity contribution is 0.0595. The van der Waals surface area contributed by atoms with Crippen molar-refractivity contribution in [3.8, 4) is 5.19 Å². The number of piperidine rings is 1. The van der Waals surface area contributed by atoms with Crippen molar-refractivity contribution in [2.24, 2.45) is 0 Å². The Balaban J connectivity index is 1.24. The zero-order chi connectivity index (χ0) is 20.7. The van der Waals surface area contributed by atoms with Gasteiger partial charge in [0.05, 0.1) is 4.70 Å². The van der Waals surface area contributed by atoms with Crippen molar-refractivity contribution in [3.05, 3.63) is 71.8 Å². The number of amides is 1. The van der Waals surface area contributed by atoms with Crippen LogP contribution in [0.1, 0.15) is 23.2 Å². The third-order valence-corrected chi connectivity index (χ3v) is 6.28. The van der Waals surface area contributed by atoms with E-state index in [4.69, 9.17) is 4.74 Å². The highest BCUT2D eigenvalue weighted by molar-refractivity contribution is 7.20. The number of carbonyl (C=O) groups is 1. The minimum Gasteiger partial charge on any atom is -0.467 e. The molecule has 0 bridgehead atoms. The lowest BCUT2D eigenvalue weighted by Crippen LogP contribution is -2.41. The van der Waals surface area contributed by atoms with Crippen LogP contribution < -0.4 is 4.74 Å². The fourth-order valence-electron chi connectivity index (χ4n) is 3.81. The Morgan fingerprint density at radius 1 is 1.03 bits per heavy atom. The topological polar surface area (TPSA) is 42.4 Å². The molecular formula is C23H18F2N2O2S. The van der Waals surface area contributed by atoms with Crippen LogP contribution in [0, 0.1) is 11.6 Å². The highest BCUT2D eigenvalue weighted by Crippen LogP contribution is 2.32. The van der Waals surface area contributed by atoms with Crippen LogP contribution in [0.15, 0.2) is 54.6 Å². The number of hydrogen-bond donors (Lipinski definition) is 0. The smallest absolute Gasteiger partial charge is 0.274 e. The van der Waals surface area contributed by atoms with Crippen molar-refractivity contribution < 1.29 is 18.3 Å². The molecule has 0 saturated carbocycles. The minimum atomic E-state index is -0.688. The molecule has 30 heavy (non-hydrogen) atoms. The van der Waals surface area contributed by atoms with Gasteiger partial charge in [-0.3, -0.25) is 4.79 Å². The first-order valence-corrected chi connectivity index (χ1v) is 10.6. The minimum absolute atomic E-state index is 0.0109. The van der Waals surface area contributed by atoms with Crippen LogP contribution in [0.3, 0.4) is 0 Å². The first-order valence-electron chi connectivity index (χ1n) is 9.77. The zero-order valence-electron chi connectivity index (χ0n) is 16.0. The number of aromatic nitrogens is 1. The van der Waals surface area contributed by atoms with Gasteiger partial charge in [-0.15, -0.1) is 0 Å². The summed E-state index contributed by atoms with van der Waals surface area (Å²) in [5.41, 5.74) is 0.803. The standard InChI is InChI=1S/C23H18F2N2O2S/c24-17-12-19(25)21-20(13-17)30-23(26-21)29-18-7-9-27(10-8-18)22(28)16-6-5-14-3-1-2-4-15(14)11-16/h1-6,11-13,18H,7-10H2. The molecule has 0 atom stereocenters. The van der Waals surface area contributed by atoms with Crippen LogP contribution in [0.2, 0.25) is 0 Å². The van der Waals surface area contributed by atoms with Gasteiger partial charge in [-0.2, -0.15) is 4.98 Å². The number of halogens is 2. The van der Waals surface area contributed by atoms with Gasteiger partial charge in [-0.25, -0.2) is 8.78 Å². The molecule has 1 aliphatic heterocycles. The van der Waals surface area contributed by atoms with Gasteiger partial charge in [0.2, 0.25) is 0 Å². The normalized spacial score (nSPS) is 15.1. The van der Waals surface area contributed by atoms with E-state index in [1.54, 1.807) is 0 Å². The van der Waals surface area contributed by atoms with Crippen LogP contribution in [-0.4, -0.2) is 35.0 Å². The Bertz CT molecular complexity index is 1250. The second-order valence-electron chi connectivity index (χ2n) is 7.39. The van der Waals surface area contributed by atoms with Gasteiger partial charge in [0.15, 0.2) is 5.82 Å². The number of thiazole rings is 1. The second kappa shape index (κ2) is 7.65. The summed E-state index contributed by atoms with van der Waals surface area (Å²) in [7, 11) is 0. The number of likely N-dealkylation sites (tertiary alicyclic amines) is 1. The molecule has 0 radical (unpaired) electrons. The number of rotatable bonds is 3. The maximum absolute atomic E-state index is 13.8. The fourth-order valence-corrected chi connectivity index (χ4v) is 4.73. The Morgan fingerprint density at radius 2 is 1.80 bits per heavy atom. The first kappa shape index (κ1) is 18.9. The van der Waals surface area contributed by atoms with E-state index in [0.717, 1.165) is 28.2 Å². The first-order chi connectivity index (χ1) is 14.6. The summed E-state index contributed by atoms with van der Waals surface area (Å²) < 4.78 is 33.5. The van der Waals surface area contributed by atoms with Crippen LogP contribution in [0.4, 0.5) is 8.78 Å². The maximum Gasteiger partial charge on any atom is 0.274 e. The monoisotopic (exact) mass is 424 g/mol. The number of fused-ring (bicyclic) bond motifs is 2. The molecule has 1 amide bonds. The van der Waals surface area contributed by atoms with E-state index in [1.807, 2.05) is 47.4 Å². The fraction of sp³-hybridized carbons (Fsp3) is 0.217. The molecule has 0 aliphatic carbocycles. The molecule has 3 aromatic carbocycles. The Morgan fingerprint density at radius 3 is 2.60 bits per heavy atom. The molecule has 0 unspecified atom stereocenters. The van der Waals surface area contributed by atoms with Crippen LogP contribution >= 0.6 is 11.3 Å². The van der Waals surface area contributed by atoms with E-state index in [9.17, 15) is 13.6 Å². The molecule has 1 saturated heterocycles. The van der Waals surface area contributed by atoms with E-state index < -0.39 is 11.6 Å². The van der Waals surface area contributed by atoms with Crippen molar-refractivity contribution in [2.75, 3.05) is 13.1 Å². The number of benzene rings is 3. The summed E-state index contributed by atoms with van der Waals surface area (Å²) in [5, 5.41) is 2.48. The van der Waals surface area contributed by atoms with Crippen molar-refractivity contribution >= 4 is 38.2 Å². The van der Waals surface area contributed by atoms with Crippen molar-refractivity contribution in [1.82, 2.24) is 9.88 Å². The third kappa shape index (κ3) is 3.61. The highest BCUT2D eigenvalue weighted by Gasteiger charge is 2.26. The molecule has 1 fully saturated rings. The van der Waals surface area contributed by atoms with Gasteiger partial charge in [0.25, 0.3) is 11.1 Å². The third-order valence-electron chi connectivity index (χ3n) is 5.39. The van der Waals surface area contributed by atoms with Gasteiger partial charge in [0, 0.05) is 37.6 Å². The molecule has 1 aliphatic rings. The predicted molar refractivity (Wildman–Crippen MR) is 113 cm³/mol. The summed E-state index contributed by atoms with van der Waals surface area (Å²) >= 11 is 1.13. The molecule has 5 rings (SSSR count). The van der Waals surface area contributed by atoms with Crippen LogP contribution in [-0.2, 0) is 0 Å². The second-order valence-corrected chi connectivity index (χ2v) is 8.38. The Labute approximate surface area is 175 Å². The molecule has 152 valence electrons. The van der Waals surface area contributed by atoms with Gasteiger partial charge >= 0.3 is 0 Å². The summed E-state index contributed by atoms with van der Waals surface area (Å²) in [4.78, 5) is 18.9. The lowest BCUT2D eigenvalue weighted by Gasteiger charge is -2.31. The SMILES string of the molecule is O=C(c1ccc2ccccc2c1)N1CCC(Oc2nc3c(F)cc(F)cc3s2)CC1. The highest BCUT2D eigenvalue weighted by atomic mass is 32.1. The predicted octanol–water partition coefficient (Wildman–Crippen LogP) is 5.41. The Hall–Kier alpha value is -3.06. The molecule has 4 nitrogen and oxygen atoms in total. The number of ether oxygens (including phenoxy) is 1.